The molecule has 166 valence electrons. The van der Waals surface area contributed by atoms with Crippen molar-refractivity contribution in [1.29, 1.82) is 0 Å². The summed E-state index contributed by atoms with van der Waals surface area (Å²) in [5, 5.41) is 3.04. The summed E-state index contributed by atoms with van der Waals surface area (Å²) in [5.41, 5.74) is 2.05. The number of likely N-dealkylation sites (tertiary alicyclic amines) is 1. The van der Waals surface area contributed by atoms with Gasteiger partial charge >= 0.3 is 6.03 Å². The van der Waals surface area contributed by atoms with Crippen LogP contribution in [0.2, 0.25) is 0 Å². The molecule has 1 N–H and O–H groups in total. The monoisotopic (exact) mass is 423 g/mol. The van der Waals surface area contributed by atoms with Gasteiger partial charge in [0.05, 0.1) is 25.1 Å². The van der Waals surface area contributed by atoms with Crippen molar-refractivity contribution in [2.24, 2.45) is 0 Å². The molecule has 3 heterocycles. The molecular formula is C24H33N5O2. The smallest absolute Gasteiger partial charge is 0.322 e. The number of pyridine rings is 1. The largest absolute Gasteiger partial charge is 0.378 e. The fraction of sp³-hybridized carbons (Fsp3) is 0.500. The Kier molecular flexibility index (Phi) is 7.04. The van der Waals surface area contributed by atoms with E-state index in [4.69, 9.17) is 4.74 Å². The number of nitrogens with zero attached hydrogens (tertiary/aromatic N) is 4. The van der Waals surface area contributed by atoms with Gasteiger partial charge in [0.15, 0.2) is 0 Å². The van der Waals surface area contributed by atoms with Gasteiger partial charge in [-0.25, -0.2) is 9.78 Å². The Labute approximate surface area is 185 Å². The molecule has 7 heteroatoms. The second-order valence-electron chi connectivity index (χ2n) is 8.24. The summed E-state index contributed by atoms with van der Waals surface area (Å²) in [6, 6.07) is 15.0. The molecule has 2 amide bonds. The van der Waals surface area contributed by atoms with Gasteiger partial charge in [0.2, 0.25) is 0 Å². The van der Waals surface area contributed by atoms with Gasteiger partial charge in [0, 0.05) is 44.8 Å². The number of urea groups is 1. The van der Waals surface area contributed by atoms with Gasteiger partial charge < -0.3 is 19.9 Å². The van der Waals surface area contributed by atoms with Crippen LogP contribution in [0.3, 0.4) is 0 Å². The first-order valence-corrected chi connectivity index (χ1v) is 11.3. The zero-order valence-corrected chi connectivity index (χ0v) is 18.5. The third-order valence-electron chi connectivity index (χ3n) is 6.40. The van der Waals surface area contributed by atoms with E-state index in [1.54, 1.807) is 6.20 Å². The van der Waals surface area contributed by atoms with Crippen molar-refractivity contribution >= 4 is 17.5 Å². The third-order valence-corrected chi connectivity index (χ3v) is 6.40. The van der Waals surface area contributed by atoms with Crippen molar-refractivity contribution in [3.8, 4) is 0 Å². The SMILES string of the molecule is CCN(C(=O)Nc1ccc(N2CCOCC2)nc1)[C@H]1CCN([C@@H](C)c2ccccc2)C1. The molecule has 2 aromatic rings. The standard InChI is InChI=1S/C24H33N5O2/c1-3-29(22-11-12-28(18-22)19(2)20-7-5-4-6-8-20)24(30)26-21-9-10-23(25-17-21)27-13-15-31-16-14-27/h4-10,17,19,22H,3,11-16,18H2,1-2H3,(H,26,30)/t19-,22-/m0/s1. The number of hydrogen-bond donors (Lipinski definition) is 1. The molecule has 0 unspecified atom stereocenters. The van der Waals surface area contributed by atoms with Gasteiger partial charge in [-0.1, -0.05) is 30.3 Å². The Morgan fingerprint density at radius 2 is 1.97 bits per heavy atom. The maximum Gasteiger partial charge on any atom is 0.322 e. The zero-order valence-electron chi connectivity index (χ0n) is 18.5. The molecule has 1 aromatic heterocycles. The number of ether oxygens (including phenoxy) is 1. The second-order valence-corrected chi connectivity index (χ2v) is 8.24. The molecule has 1 aromatic carbocycles. The highest BCUT2D eigenvalue weighted by molar-refractivity contribution is 5.89. The number of nitrogens with one attached hydrogen (secondary N) is 1. The van der Waals surface area contributed by atoms with E-state index in [1.807, 2.05) is 24.0 Å². The predicted molar refractivity (Wildman–Crippen MR) is 124 cm³/mol. The molecular weight excluding hydrogens is 390 g/mol. The van der Waals surface area contributed by atoms with Crippen molar-refractivity contribution in [3.05, 3.63) is 54.2 Å². The number of likely N-dealkylation sites (N-methyl/N-ethyl adjacent to an activating group) is 1. The van der Waals surface area contributed by atoms with Crippen LogP contribution in [-0.2, 0) is 4.74 Å². The summed E-state index contributed by atoms with van der Waals surface area (Å²) in [6.07, 6.45) is 2.74. The summed E-state index contributed by atoms with van der Waals surface area (Å²) in [6.45, 7) is 10.0. The highest BCUT2D eigenvalue weighted by Gasteiger charge is 2.32. The Morgan fingerprint density at radius 1 is 1.19 bits per heavy atom. The van der Waals surface area contributed by atoms with Gasteiger partial charge in [-0.05, 0) is 38.0 Å². The highest BCUT2D eigenvalue weighted by atomic mass is 16.5. The maximum absolute atomic E-state index is 13.0. The summed E-state index contributed by atoms with van der Waals surface area (Å²) >= 11 is 0. The van der Waals surface area contributed by atoms with Crippen molar-refractivity contribution in [2.75, 3.05) is 56.2 Å². The first-order valence-electron chi connectivity index (χ1n) is 11.3. The molecule has 0 saturated carbocycles. The van der Waals surface area contributed by atoms with Gasteiger partial charge in [0.25, 0.3) is 0 Å². The van der Waals surface area contributed by atoms with Crippen LogP contribution in [0.15, 0.2) is 48.7 Å². The number of amides is 2. The van der Waals surface area contributed by atoms with Crippen molar-refractivity contribution in [1.82, 2.24) is 14.8 Å². The van der Waals surface area contributed by atoms with E-state index in [2.05, 4.69) is 57.4 Å². The van der Waals surface area contributed by atoms with Gasteiger partial charge in [-0.2, -0.15) is 0 Å². The van der Waals surface area contributed by atoms with Crippen molar-refractivity contribution < 1.29 is 9.53 Å². The van der Waals surface area contributed by atoms with E-state index in [1.165, 1.54) is 5.56 Å². The van der Waals surface area contributed by atoms with Crippen LogP contribution in [-0.4, -0.2) is 72.8 Å². The van der Waals surface area contributed by atoms with E-state index in [0.717, 1.165) is 57.3 Å². The minimum absolute atomic E-state index is 0.0531. The number of aromatic nitrogens is 1. The Bertz CT molecular complexity index is 839. The quantitative estimate of drug-likeness (QED) is 0.769. The van der Waals surface area contributed by atoms with E-state index >= 15 is 0 Å². The van der Waals surface area contributed by atoms with Crippen LogP contribution < -0.4 is 10.2 Å². The number of carbonyl (C=O) groups excluding carboxylic acids is 1. The third kappa shape index (κ3) is 5.17. The maximum atomic E-state index is 13.0. The van der Waals surface area contributed by atoms with Crippen molar-refractivity contribution in [2.45, 2.75) is 32.4 Å². The lowest BCUT2D eigenvalue weighted by molar-refractivity contribution is 0.122. The molecule has 0 radical (unpaired) electrons. The van der Waals surface area contributed by atoms with E-state index in [0.29, 0.717) is 12.6 Å². The summed E-state index contributed by atoms with van der Waals surface area (Å²) in [4.78, 5) is 24.2. The number of hydrogen-bond acceptors (Lipinski definition) is 5. The molecule has 31 heavy (non-hydrogen) atoms. The van der Waals surface area contributed by atoms with Crippen LogP contribution in [0, 0.1) is 0 Å². The number of benzene rings is 1. The van der Waals surface area contributed by atoms with Crippen LogP contribution in [0.5, 0.6) is 0 Å². The molecule has 2 saturated heterocycles. The fourth-order valence-corrected chi connectivity index (χ4v) is 4.52. The minimum Gasteiger partial charge on any atom is -0.378 e. The molecule has 2 aliphatic heterocycles. The first-order chi connectivity index (χ1) is 15.2. The van der Waals surface area contributed by atoms with Crippen LogP contribution >= 0.6 is 0 Å². The molecule has 2 atom stereocenters. The van der Waals surface area contributed by atoms with Crippen LogP contribution in [0.4, 0.5) is 16.3 Å². The van der Waals surface area contributed by atoms with E-state index in [-0.39, 0.29) is 12.1 Å². The molecule has 4 rings (SSSR count). The number of rotatable bonds is 6. The predicted octanol–water partition coefficient (Wildman–Crippen LogP) is 3.61. The zero-order chi connectivity index (χ0) is 21.6. The number of morpholine rings is 1. The molecule has 0 spiro atoms. The van der Waals surface area contributed by atoms with Gasteiger partial charge in [-0.15, -0.1) is 0 Å². The highest BCUT2D eigenvalue weighted by Crippen LogP contribution is 2.27. The van der Waals surface area contributed by atoms with Crippen molar-refractivity contribution in [3.63, 3.8) is 0 Å². The average molecular weight is 424 g/mol. The molecule has 7 nitrogen and oxygen atoms in total. The lowest BCUT2D eigenvalue weighted by Crippen LogP contribution is -2.44. The van der Waals surface area contributed by atoms with Crippen LogP contribution in [0.1, 0.15) is 31.9 Å². The molecule has 0 bridgehead atoms. The van der Waals surface area contributed by atoms with Gasteiger partial charge in [0.1, 0.15) is 5.82 Å². The Morgan fingerprint density at radius 3 is 2.65 bits per heavy atom. The van der Waals surface area contributed by atoms with E-state index < -0.39 is 0 Å². The van der Waals surface area contributed by atoms with Gasteiger partial charge in [-0.3, -0.25) is 4.90 Å². The fourth-order valence-electron chi connectivity index (χ4n) is 4.52. The normalized spacial score (nSPS) is 20.5. The topological polar surface area (TPSA) is 60.9 Å². The Balaban J connectivity index is 1.34. The Hall–Kier alpha value is -2.64. The molecule has 2 fully saturated rings. The minimum atomic E-state index is -0.0531. The van der Waals surface area contributed by atoms with E-state index in [9.17, 15) is 4.79 Å². The number of anilines is 2. The molecule has 2 aliphatic rings. The average Bonchev–Trinajstić information content (AvgIpc) is 3.30. The lowest BCUT2D eigenvalue weighted by Gasteiger charge is -2.30. The lowest BCUT2D eigenvalue weighted by atomic mass is 10.1. The molecule has 0 aliphatic carbocycles. The second kappa shape index (κ2) is 10.1. The summed E-state index contributed by atoms with van der Waals surface area (Å²) in [5.74, 6) is 0.926. The summed E-state index contributed by atoms with van der Waals surface area (Å²) in [7, 11) is 0. The van der Waals surface area contributed by atoms with Crippen LogP contribution in [0.25, 0.3) is 0 Å². The summed E-state index contributed by atoms with van der Waals surface area (Å²) < 4.78 is 5.40. The first kappa shape index (κ1) is 21.6. The number of carbonyl (C=O) groups is 1.